The minimum absolute atomic E-state index is 0.552. The summed E-state index contributed by atoms with van der Waals surface area (Å²) in [7, 11) is 0. The zero-order valence-corrected chi connectivity index (χ0v) is 8.78. The largest absolute Gasteiger partial charge is 0.465 e. The molecule has 1 atom stereocenters. The Morgan fingerprint density at radius 2 is 2.21 bits per heavy atom. The fourth-order valence-electron chi connectivity index (χ4n) is 1.98. The molecule has 80 valence electrons. The summed E-state index contributed by atoms with van der Waals surface area (Å²) in [6.07, 6.45) is 4.36. The molecule has 0 aliphatic carbocycles. The lowest BCUT2D eigenvalue weighted by Gasteiger charge is -2.30. The fourth-order valence-corrected chi connectivity index (χ4v) is 1.98. The second kappa shape index (κ2) is 5.03. The van der Waals surface area contributed by atoms with Crippen molar-refractivity contribution in [2.75, 3.05) is 13.1 Å². The normalized spacial score (nSPS) is 20.5. The van der Waals surface area contributed by atoms with Crippen LogP contribution < -0.4 is 0 Å². The highest BCUT2D eigenvalue weighted by Crippen LogP contribution is 2.24. The van der Waals surface area contributed by atoms with Gasteiger partial charge in [-0.05, 0) is 31.1 Å². The van der Waals surface area contributed by atoms with E-state index < -0.39 is 6.09 Å². The Hall–Kier alpha value is -0.990. The summed E-state index contributed by atoms with van der Waals surface area (Å²) >= 11 is 0. The van der Waals surface area contributed by atoms with Crippen molar-refractivity contribution in [2.45, 2.75) is 26.2 Å². The number of carboxylic acid groups (broad SMARTS) is 1. The van der Waals surface area contributed by atoms with Gasteiger partial charge in [-0.2, -0.15) is 0 Å². The van der Waals surface area contributed by atoms with Crippen LogP contribution in [-0.4, -0.2) is 29.2 Å². The molecule has 0 aromatic heterocycles. The van der Waals surface area contributed by atoms with Crippen molar-refractivity contribution in [3.8, 4) is 0 Å². The van der Waals surface area contributed by atoms with Gasteiger partial charge in [-0.25, -0.2) is 4.79 Å². The lowest BCUT2D eigenvalue weighted by Crippen LogP contribution is -2.37. The van der Waals surface area contributed by atoms with Crippen LogP contribution in [0.4, 0.5) is 4.79 Å². The van der Waals surface area contributed by atoms with Gasteiger partial charge in [-0.3, -0.25) is 0 Å². The molecule has 0 spiro atoms. The molecule has 1 rings (SSSR count). The number of amides is 1. The van der Waals surface area contributed by atoms with E-state index in [9.17, 15) is 4.79 Å². The van der Waals surface area contributed by atoms with E-state index in [1.54, 1.807) is 0 Å². The lowest BCUT2D eigenvalue weighted by atomic mass is 9.88. The molecule has 1 N–H and O–H groups in total. The van der Waals surface area contributed by atoms with Gasteiger partial charge in [0, 0.05) is 13.1 Å². The summed E-state index contributed by atoms with van der Waals surface area (Å²) in [5, 5.41) is 8.76. The SMILES string of the molecule is C=CC(C)CC1CCN(C(=O)O)CC1. The molecule has 1 aliphatic heterocycles. The van der Waals surface area contributed by atoms with E-state index in [4.69, 9.17) is 5.11 Å². The Morgan fingerprint density at radius 3 is 2.64 bits per heavy atom. The predicted octanol–water partition coefficient (Wildman–Crippen LogP) is 2.59. The molecule has 3 nitrogen and oxygen atoms in total. The highest BCUT2D eigenvalue weighted by Gasteiger charge is 2.22. The Morgan fingerprint density at radius 1 is 1.64 bits per heavy atom. The Bertz CT molecular complexity index is 207. The Balaban J connectivity index is 2.28. The Labute approximate surface area is 85.4 Å². The molecule has 1 heterocycles. The van der Waals surface area contributed by atoms with Crippen LogP contribution in [-0.2, 0) is 0 Å². The summed E-state index contributed by atoms with van der Waals surface area (Å²) in [6.45, 7) is 7.32. The zero-order chi connectivity index (χ0) is 10.6. The van der Waals surface area contributed by atoms with Gasteiger partial charge < -0.3 is 10.0 Å². The van der Waals surface area contributed by atoms with Crippen molar-refractivity contribution in [3.05, 3.63) is 12.7 Å². The average molecular weight is 197 g/mol. The van der Waals surface area contributed by atoms with E-state index in [0.717, 1.165) is 19.3 Å². The third-order valence-corrected chi connectivity index (χ3v) is 2.99. The van der Waals surface area contributed by atoms with Crippen molar-refractivity contribution in [1.82, 2.24) is 4.90 Å². The van der Waals surface area contributed by atoms with Crippen molar-refractivity contribution in [2.24, 2.45) is 11.8 Å². The van der Waals surface area contributed by atoms with Crippen LogP contribution in [0.5, 0.6) is 0 Å². The molecule has 1 saturated heterocycles. The summed E-state index contributed by atoms with van der Waals surface area (Å²) < 4.78 is 0. The third kappa shape index (κ3) is 3.05. The highest BCUT2D eigenvalue weighted by atomic mass is 16.4. The molecule has 0 aromatic carbocycles. The van der Waals surface area contributed by atoms with Crippen LogP contribution in [0.1, 0.15) is 26.2 Å². The van der Waals surface area contributed by atoms with E-state index in [2.05, 4.69) is 13.5 Å². The quantitative estimate of drug-likeness (QED) is 0.706. The average Bonchev–Trinajstić information content (AvgIpc) is 2.18. The minimum Gasteiger partial charge on any atom is -0.465 e. The predicted molar refractivity (Wildman–Crippen MR) is 56.3 cm³/mol. The second-order valence-corrected chi connectivity index (χ2v) is 4.16. The summed E-state index contributed by atoms with van der Waals surface area (Å²) in [6, 6.07) is 0. The van der Waals surface area contributed by atoms with Crippen LogP contribution >= 0.6 is 0 Å². The van der Waals surface area contributed by atoms with E-state index >= 15 is 0 Å². The van der Waals surface area contributed by atoms with E-state index in [-0.39, 0.29) is 0 Å². The van der Waals surface area contributed by atoms with Gasteiger partial charge in [0.05, 0.1) is 0 Å². The molecule has 1 aliphatic rings. The van der Waals surface area contributed by atoms with Crippen molar-refractivity contribution in [1.29, 1.82) is 0 Å². The molecule has 14 heavy (non-hydrogen) atoms. The summed E-state index contributed by atoms with van der Waals surface area (Å²) in [5.74, 6) is 1.23. The molecule has 1 unspecified atom stereocenters. The van der Waals surface area contributed by atoms with E-state index in [1.165, 1.54) is 4.90 Å². The van der Waals surface area contributed by atoms with E-state index in [0.29, 0.717) is 24.9 Å². The molecule has 1 amide bonds. The van der Waals surface area contributed by atoms with Crippen LogP contribution in [0.2, 0.25) is 0 Å². The summed E-state index contributed by atoms with van der Waals surface area (Å²) in [5.41, 5.74) is 0. The van der Waals surface area contributed by atoms with Crippen molar-refractivity contribution < 1.29 is 9.90 Å². The first-order chi connectivity index (χ1) is 6.63. The molecule has 0 aromatic rings. The maximum Gasteiger partial charge on any atom is 0.407 e. The maximum atomic E-state index is 10.6. The molecule has 1 fully saturated rings. The monoisotopic (exact) mass is 197 g/mol. The van der Waals surface area contributed by atoms with Crippen LogP contribution in [0.3, 0.4) is 0 Å². The first kappa shape index (κ1) is 11.1. The number of likely N-dealkylation sites (tertiary alicyclic amines) is 1. The smallest absolute Gasteiger partial charge is 0.407 e. The molecule has 0 saturated carbocycles. The van der Waals surface area contributed by atoms with Crippen LogP contribution in [0.25, 0.3) is 0 Å². The topological polar surface area (TPSA) is 40.5 Å². The minimum atomic E-state index is -0.778. The van der Waals surface area contributed by atoms with Gasteiger partial charge in [-0.15, -0.1) is 6.58 Å². The lowest BCUT2D eigenvalue weighted by molar-refractivity contribution is 0.121. The number of hydrogen-bond acceptors (Lipinski definition) is 1. The molecular formula is C11H19NO2. The second-order valence-electron chi connectivity index (χ2n) is 4.16. The molecule has 3 heteroatoms. The number of allylic oxidation sites excluding steroid dienone is 1. The highest BCUT2D eigenvalue weighted by molar-refractivity contribution is 5.64. The first-order valence-electron chi connectivity index (χ1n) is 5.24. The van der Waals surface area contributed by atoms with Crippen molar-refractivity contribution >= 4 is 6.09 Å². The first-order valence-corrected chi connectivity index (χ1v) is 5.24. The fraction of sp³-hybridized carbons (Fsp3) is 0.727. The number of rotatable bonds is 3. The van der Waals surface area contributed by atoms with Gasteiger partial charge in [0.2, 0.25) is 0 Å². The zero-order valence-electron chi connectivity index (χ0n) is 8.78. The maximum absolute atomic E-state index is 10.6. The van der Waals surface area contributed by atoms with Gasteiger partial charge in [0.1, 0.15) is 0 Å². The number of piperidine rings is 1. The standard InChI is InChI=1S/C11H19NO2/c1-3-9(2)8-10-4-6-12(7-5-10)11(13)14/h3,9-10H,1,4-8H2,2H3,(H,13,14). The van der Waals surface area contributed by atoms with Crippen LogP contribution in [0, 0.1) is 11.8 Å². The molecule has 0 bridgehead atoms. The summed E-state index contributed by atoms with van der Waals surface area (Å²) in [4.78, 5) is 12.2. The van der Waals surface area contributed by atoms with Gasteiger partial charge in [-0.1, -0.05) is 13.0 Å². The van der Waals surface area contributed by atoms with Crippen molar-refractivity contribution in [3.63, 3.8) is 0 Å². The third-order valence-electron chi connectivity index (χ3n) is 2.99. The number of carbonyl (C=O) groups is 1. The van der Waals surface area contributed by atoms with Gasteiger partial charge in [0.25, 0.3) is 0 Å². The van der Waals surface area contributed by atoms with Crippen LogP contribution in [0.15, 0.2) is 12.7 Å². The van der Waals surface area contributed by atoms with Gasteiger partial charge in [0.15, 0.2) is 0 Å². The van der Waals surface area contributed by atoms with Gasteiger partial charge >= 0.3 is 6.09 Å². The van der Waals surface area contributed by atoms with E-state index in [1.807, 2.05) is 6.08 Å². The number of hydrogen-bond donors (Lipinski definition) is 1. The Kier molecular flexibility index (Phi) is 3.98. The number of nitrogens with zero attached hydrogens (tertiary/aromatic N) is 1. The molecular weight excluding hydrogens is 178 g/mol. The molecule has 0 radical (unpaired) electrons.